The number of allylic oxidation sites excluding steroid dienone is 2. The van der Waals surface area contributed by atoms with Crippen LogP contribution in [0, 0.1) is 0 Å². The average molecular weight is 228 g/mol. The number of aliphatic hydroxyl groups is 3. The highest BCUT2D eigenvalue weighted by Gasteiger charge is 2.26. The van der Waals surface area contributed by atoms with Crippen LogP contribution in [0.25, 0.3) is 0 Å². The molecule has 4 nitrogen and oxygen atoms in total. The van der Waals surface area contributed by atoms with Gasteiger partial charge >= 0.3 is 0 Å². The van der Waals surface area contributed by atoms with Crippen molar-refractivity contribution in [1.82, 2.24) is 0 Å². The molecule has 0 radical (unpaired) electrons. The number of ketones is 1. The maximum Gasteiger partial charge on any atom is 0.186 e. The first-order valence-corrected chi connectivity index (χ1v) is 5.26. The van der Waals surface area contributed by atoms with Gasteiger partial charge in [-0.3, -0.25) is 4.79 Å². The molecule has 92 valence electrons. The summed E-state index contributed by atoms with van der Waals surface area (Å²) in [6.07, 6.45) is 5.11. The molecule has 16 heavy (non-hydrogen) atoms. The summed E-state index contributed by atoms with van der Waals surface area (Å²) in [6, 6.07) is 0. The second-order valence-electron chi connectivity index (χ2n) is 3.96. The van der Waals surface area contributed by atoms with Crippen molar-refractivity contribution in [2.24, 2.45) is 0 Å². The minimum Gasteiger partial charge on any atom is -0.396 e. The molecule has 0 aromatic rings. The van der Waals surface area contributed by atoms with Gasteiger partial charge in [-0.15, -0.1) is 0 Å². The van der Waals surface area contributed by atoms with Crippen LogP contribution < -0.4 is 0 Å². The van der Waals surface area contributed by atoms with E-state index >= 15 is 0 Å². The van der Waals surface area contributed by atoms with E-state index in [2.05, 4.69) is 0 Å². The van der Waals surface area contributed by atoms with Crippen molar-refractivity contribution in [3.63, 3.8) is 0 Å². The van der Waals surface area contributed by atoms with Crippen LogP contribution in [0.1, 0.15) is 26.7 Å². The zero-order valence-corrected chi connectivity index (χ0v) is 9.81. The second kappa shape index (κ2) is 7.33. The Morgan fingerprint density at radius 1 is 1.31 bits per heavy atom. The monoisotopic (exact) mass is 228 g/mol. The van der Waals surface area contributed by atoms with E-state index in [0.29, 0.717) is 6.42 Å². The third-order valence-corrected chi connectivity index (χ3v) is 2.26. The molecule has 0 saturated heterocycles. The molecule has 0 fully saturated rings. The Morgan fingerprint density at radius 3 is 2.44 bits per heavy atom. The summed E-state index contributed by atoms with van der Waals surface area (Å²) in [6.45, 7) is 3.06. The number of aliphatic hydroxyl groups excluding tert-OH is 2. The van der Waals surface area contributed by atoms with Gasteiger partial charge in [0.05, 0.1) is 0 Å². The molecule has 0 aliphatic rings. The van der Waals surface area contributed by atoms with E-state index in [1.807, 2.05) is 6.92 Å². The van der Waals surface area contributed by atoms with Crippen molar-refractivity contribution < 1.29 is 20.1 Å². The molecular weight excluding hydrogens is 208 g/mol. The molecule has 0 aromatic carbocycles. The smallest absolute Gasteiger partial charge is 0.186 e. The lowest BCUT2D eigenvalue weighted by Gasteiger charge is -2.17. The van der Waals surface area contributed by atoms with Gasteiger partial charge in [0.15, 0.2) is 5.78 Å². The van der Waals surface area contributed by atoms with Gasteiger partial charge in [0.25, 0.3) is 0 Å². The van der Waals surface area contributed by atoms with Gasteiger partial charge in [-0.1, -0.05) is 17.7 Å². The summed E-state index contributed by atoms with van der Waals surface area (Å²) in [5.41, 5.74) is -0.558. The number of carbonyl (C=O) groups excluding carboxylic acids is 1. The molecule has 0 aromatic heterocycles. The Kier molecular flexibility index (Phi) is 6.88. The molecule has 0 bridgehead atoms. The average Bonchev–Trinajstić information content (AvgIpc) is 2.17. The maximum absolute atomic E-state index is 11.5. The molecule has 0 amide bonds. The third kappa shape index (κ3) is 5.80. The zero-order chi connectivity index (χ0) is 12.6. The topological polar surface area (TPSA) is 77.8 Å². The van der Waals surface area contributed by atoms with Crippen LogP contribution in [0.5, 0.6) is 0 Å². The number of rotatable bonds is 7. The first kappa shape index (κ1) is 15.0. The van der Waals surface area contributed by atoms with Gasteiger partial charge in [0, 0.05) is 19.6 Å². The summed E-state index contributed by atoms with van der Waals surface area (Å²) in [5, 5.41) is 26.9. The lowest BCUT2D eigenvalue weighted by atomic mass is 9.97. The molecule has 0 aliphatic carbocycles. The van der Waals surface area contributed by atoms with Gasteiger partial charge in [-0.05, 0) is 26.3 Å². The predicted molar refractivity (Wildman–Crippen MR) is 61.9 cm³/mol. The molecule has 0 heterocycles. The van der Waals surface area contributed by atoms with Gasteiger partial charge < -0.3 is 15.3 Å². The third-order valence-electron chi connectivity index (χ3n) is 2.26. The molecular formula is C12H20O4. The lowest BCUT2D eigenvalue weighted by molar-refractivity contribution is -0.131. The summed E-state index contributed by atoms with van der Waals surface area (Å²) in [4.78, 5) is 11.5. The molecule has 1 unspecified atom stereocenters. The number of carbonyl (C=O) groups is 1. The minimum absolute atomic E-state index is 0.0233. The Hall–Kier alpha value is -0.970. The summed E-state index contributed by atoms with van der Waals surface area (Å²) >= 11 is 0. The fraction of sp³-hybridized carbons (Fsp3) is 0.583. The van der Waals surface area contributed by atoms with Crippen molar-refractivity contribution in [2.75, 3.05) is 13.2 Å². The van der Waals surface area contributed by atoms with E-state index in [1.165, 1.54) is 13.0 Å². The van der Waals surface area contributed by atoms with Crippen LogP contribution in [0.3, 0.4) is 0 Å². The van der Waals surface area contributed by atoms with Crippen LogP contribution >= 0.6 is 0 Å². The number of hydrogen-bond acceptors (Lipinski definition) is 4. The lowest BCUT2D eigenvalue weighted by Crippen LogP contribution is -2.34. The first-order valence-electron chi connectivity index (χ1n) is 5.26. The van der Waals surface area contributed by atoms with Crippen LogP contribution in [-0.2, 0) is 4.79 Å². The normalized spacial score (nSPS) is 16.4. The van der Waals surface area contributed by atoms with Crippen LogP contribution in [0.15, 0.2) is 23.8 Å². The van der Waals surface area contributed by atoms with E-state index in [4.69, 9.17) is 10.2 Å². The van der Waals surface area contributed by atoms with E-state index in [-0.39, 0.29) is 19.6 Å². The first-order chi connectivity index (χ1) is 7.44. The Bertz CT molecular complexity index is 277. The van der Waals surface area contributed by atoms with E-state index in [9.17, 15) is 9.90 Å². The van der Waals surface area contributed by atoms with Crippen LogP contribution in [0.4, 0.5) is 0 Å². The molecule has 1 atom stereocenters. The van der Waals surface area contributed by atoms with Crippen molar-refractivity contribution >= 4 is 5.78 Å². The van der Waals surface area contributed by atoms with Crippen LogP contribution in [-0.4, -0.2) is 39.9 Å². The highest BCUT2D eigenvalue weighted by molar-refractivity contribution is 5.96. The highest BCUT2D eigenvalue weighted by atomic mass is 16.3. The molecule has 0 rings (SSSR count). The summed E-state index contributed by atoms with van der Waals surface area (Å²) < 4.78 is 0. The van der Waals surface area contributed by atoms with Crippen molar-refractivity contribution in [3.05, 3.63) is 23.8 Å². The van der Waals surface area contributed by atoms with Crippen molar-refractivity contribution in [1.29, 1.82) is 0 Å². The van der Waals surface area contributed by atoms with Crippen LogP contribution in [0.2, 0.25) is 0 Å². The zero-order valence-electron chi connectivity index (χ0n) is 9.81. The van der Waals surface area contributed by atoms with Gasteiger partial charge in [-0.2, -0.15) is 0 Å². The van der Waals surface area contributed by atoms with Crippen molar-refractivity contribution in [2.45, 2.75) is 32.3 Å². The molecule has 0 aliphatic heterocycles. The minimum atomic E-state index is -1.51. The molecule has 3 N–H and O–H groups in total. The highest BCUT2D eigenvalue weighted by Crippen LogP contribution is 2.11. The van der Waals surface area contributed by atoms with E-state index in [0.717, 1.165) is 5.57 Å². The Morgan fingerprint density at radius 2 is 1.94 bits per heavy atom. The summed E-state index contributed by atoms with van der Waals surface area (Å²) in [5.74, 6) is -0.436. The molecule has 0 saturated carbocycles. The Balaban J connectivity index is 4.34. The molecule has 0 spiro atoms. The number of hydrogen-bond donors (Lipinski definition) is 3. The fourth-order valence-corrected chi connectivity index (χ4v) is 1.08. The Labute approximate surface area is 95.9 Å². The van der Waals surface area contributed by atoms with E-state index in [1.54, 1.807) is 12.2 Å². The summed E-state index contributed by atoms with van der Waals surface area (Å²) in [7, 11) is 0. The second-order valence-corrected chi connectivity index (χ2v) is 3.96. The van der Waals surface area contributed by atoms with Gasteiger partial charge in [0.1, 0.15) is 5.60 Å². The quantitative estimate of drug-likeness (QED) is 0.440. The van der Waals surface area contributed by atoms with Gasteiger partial charge in [0.2, 0.25) is 0 Å². The SMILES string of the molecule is C/C(=C\C=C/C(=O)C(C)(O)CCO)CCO. The van der Waals surface area contributed by atoms with E-state index < -0.39 is 11.4 Å². The maximum atomic E-state index is 11.5. The predicted octanol–water partition coefficient (Wildman–Crippen LogP) is 0.574. The molecule has 4 heteroatoms. The van der Waals surface area contributed by atoms with Gasteiger partial charge in [-0.25, -0.2) is 0 Å². The fourth-order valence-electron chi connectivity index (χ4n) is 1.08. The standard InChI is InChI=1S/C12H20O4/c1-10(6-8-13)4-3-5-11(15)12(2,16)7-9-14/h3-5,13-14,16H,6-9H2,1-2H3/b5-3-,10-4+. The largest absolute Gasteiger partial charge is 0.396 e. The van der Waals surface area contributed by atoms with Crippen molar-refractivity contribution in [3.8, 4) is 0 Å².